The Hall–Kier alpha value is -3.02. The summed E-state index contributed by atoms with van der Waals surface area (Å²) < 4.78 is 17.2. The summed E-state index contributed by atoms with van der Waals surface area (Å²) >= 11 is 0. The van der Waals surface area contributed by atoms with E-state index in [2.05, 4.69) is 33.8 Å². The van der Waals surface area contributed by atoms with Gasteiger partial charge in [0.15, 0.2) is 17.2 Å². The zero-order valence-corrected chi connectivity index (χ0v) is 34.2. The first-order valence-corrected chi connectivity index (χ1v) is 20.6. The van der Waals surface area contributed by atoms with Crippen molar-refractivity contribution in [3.8, 4) is 17.2 Å². The van der Waals surface area contributed by atoms with E-state index >= 15 is 0 Å². The zero-order chi connectivity index (χ0) is 42.7. The van der Waals surface area contributed by atoms with Gasteiger partial charge in [-0.3, -0.25) is 4.79 Å². The predicted octanol–water partition coefficient (Wildman–Crippen LogP) is 2.39. The molecule has 0 spiro atoms. The molecule has 1 saturated heterocycles. The average molecular weight is 819 g/mol. The molecule has 15 nitrogen and oxygen atoms in total. The van der Waals surface area contributed by atoms with E-state index in [1.165, 1.54) is 0 Å². The number of benzene rings is 1. The molecule has 1 aliphatic heterocycles. The van der Waals surface area contributed by atoms with Crippen LogP contribution in [0.2, 0.25) is 0 Å². The summed E-state index contributed by atoms with van der Waals surface area (Å²) in [6, 6.07) is 1.90. The van der Waals surface area contributed by atoms with Gasteiger partial charge in [0.2, 0.25) is 6.29 Å². The van der Waals surface area contributed by atoms with Crippen LogP contribution in [0.3, 0.4) is 0 Å². The number of ether oxygens (including phenoxy) is 3. The third-order valence-corrected chi connectivity index (χ3v) is 16.6. The summed E-state index contributed by atoms with van der Waals surface area (Å²) in [7, 11) is 0. The molecule has 0 amide bonds. The normalized spacial score (nSPS) is 47.0. The predicted molar refractivity (Wildman–Crippen MR) is 204 cm³/mol. The second kappa shape index (κ2) is 14.3. The van der Waals surface area contributed by atoms with Crippen molar-refractivity contribution < 1.29 is 74.9 Å². The van der Waals surface area contributed by atoms with Gasteiger partial charge in [-0.25, -0.2) is 4.79 Å². The lowest BCUT2D eigenvalue weighted by atomic mass is 9.33. The van der Waals surface area contributed by atoms with E-state index in [9.17, 15) is 60.7 Å². The molecule has 0 aromatic heterocycles. The first kappa shape index (κ1) is 43.1. The van der Waals surface area contributed by atoms with E-state index in [1.807, 2.05) is 6.92 Å². The van der Waals surface area contributed by atoms with E-state index in [-0.39, 0.29) is 29.2 Å². The lowest BCUT2D eigenvalue weighted by molar-refractivity contribution is -0.298. The van der Waals surface area contributed by atoms with Gasteiger partial charge in [-0.2, -0.15) is 0 Å². The smallest absolute Gasteiger partial charge is 0.338 e. The molecule has 1 heterocycles. The fraction of sp³-hybridized carbons (Fsp3) is 0.767. The van der Waals surface area contributed by atoms with Gasteiger partial charge in [0.05, 0.1) is 42.5 Å². The van der Waals surface area contributed by atoms with E-state index in [4.69, 9.17) is 14.2 Å². The molecule has 0 bridgehead atoms. The Bertz CT molecular complexity index is 1810. The molecule has 58 heavy (non-hydrogen) atoms. The van der Waals surface area contributed by atoms with Crippen LogP contribution in [-0.4, -0.2) is 125 Å². The van der Waals surface area contributed by atoms with Crippen LogP contribution in [0.4, 0.5) is 0 Å². The molecule has 15 heteroatoms. The maximum atomic E-state index is 14.6. The SMILES string of the molecule is CC1(C)CCC2(C(=O)OC3OC(CO)C(O)C(O)C3O)CCC3(C)C(=CCC4C5(C)CC(O)C(O)C(C)(COC(=O)c6cc(O)c(O)c(O)c6)C5C(O)CC43C)C2C1. The minimum absolute atomic E-state index is 0.129. The number of carbonyl (C=O) groups excluding carboxylic acids is 2. The lowest BCUT2D eigenvalue weighted by Crippen LogP contribution is -2.71. The molecule has 6 aliphatic rings. The molecular weight excluding hydrogens is 756 g/mol. The molecule has 7 rings (SSSR count). The number of carbonyl (C=O) groups is 2. The molecule has 324 valence electrons. The summed E-state index contributed by atoms with van der Waals surface area (Å²) in [5, 5.41) is 107. The van der Waals surface area contributed by atoms with Crippen molar-refractivity contribution in [2.24, 2.45) is 50.2 Å². The van der Waals surface area contributed by atoms with Gasteiger partial charge < -0.3 is 65.3 Å². The van der Waals surface area contributed by atoms with Crippen molar-refractivity contribution in [2.45, 2.75) is 142 Å². The van der Waals surface area contributed by atoms with Crippen LogP contribution in [-0.2, 0) is 19.0 Å². The molecule has 0 radical (unpaired) electrons. The van der Waals surface area contributed by atoms with E-state index in [0.717, 1.165) is 24.1 Å². The quantitative estimate of drug-likeness (QED) is 0.112. The molecule has 1 aromatic carbocycles. The Kier molecular flexibility index (Phi) is 10.6. The number of aromatic hydroxyl groups is 3. The van der Waals surface area contributed by atoms with Crippen LogP contribution in [0.5, 0.6) is 17.2 Å². The molecule has 4 saturated carbocycles. The number of aliphatic hydroxyl groups is 7. The number of phenolic OH excluding ortho intramolecular Hbond substituents is 3. The number of phenols is 3. The van der Waals surface area contributed by atoms with Gasteiger partial charge in [-0.1, -0.05) is 53.2 Å². The number of hydrogen-bond donors (Lipinski definition) is 10. The minimum atomic E-state index is -1.73. The maximum absolute atomic E-state index is 14.6. The highest BCUT2D eigenvalue weighted by molar-refractivity contribution is 5.91. The Balaban J connectivity index is 1.21. The largest absolute Gasteiger partial charge is 0.504 e. The van der Waals surface area contributed by atoms with E-state index in [1.54, 1.807) is 6.92 Å². The third-order valence-electron chi connectivity index (χ3n) is 16.6. The Morgan fingerprint density at radius 2 is 1.45 bits per heavy atom. The van der Waals surface area contributed by atoms with Crippen molar-refractivity contribution in [2.75, 3.05) is 13.2 Å². The Morgan fingerprint density at radius 3 is 2.09 bits per heavy atom. The molecule has 16 atom stereocenters. The van der Waals surface area contributed by atoms with Crippen molar-refractivity contribution in [3.05, 3.63) is 29.3 Å². The summed E-state index contributed by atoms with van der Waals surface area (Å²) in [6.45, 7) is 11.4. The first-order valence-electron chi connectivity index (χ1n) is 20.6. The van der Waals surface area contributed by atoms with Crippen LogP contribution in [0.15, 0.2) is 23.8 Å². The van der Waals surface area contributed by atoms with Crippen LogP contribution in [0.25, 0.3) is 0 Å². The lowest BCUT2D eigenvalue weighted by Gasteiger charge is -2.72. The van der Waals surface area contributed by atoms with Crippen LogP contribution < -0.4 is 0 Å². The second-order valence-corrected chi connectivity index (χ2v) is 20.3. The van der Waals surface area contributed by atoms with Gasteiger partial charge in [0.25, 0.3) is 0 Å². The van der Waals surface area contributed by atoms with E-state index < -0.39 is 124 Å². The van der Waals surface area contributed by atoms with Gasteiger partial charge in [0, 0.05) is 11.3 Å². The number of hydrogen-bond acceptors (Lipinski definition) is 15. The summed E-state index contributed by atoms with van der Waals surface area (Å²) in [5.41, 5.74) is -3.51. The first-order chi connectivity index (χ1) is 26.9. The molecule has 1 aromatic rings. The van der Waals surface area contributed by atoms with Crippen molar-refractivity contribution in [1.82, 2.24) is 0 Å². The van der Waals surface area contributed by atoms with Crippen LogP contribution in [0, 0.1) is 50.2 Å². The standard InChI is InChI=1S/C43H62O15/c1-38(2)9-11-43(37(55)58-36-32(52)31(51)30(50)27(18-44)57-36)12-10-41(5)21(22(43)15-38)7-8-28-39(3)16-26(48)34(53)40(4,33(39)25(47)17-42(28,41)6)19-56-35(54)20-13-23(45)29(49)24(46)14-20/h7,13-14,22,25-28,30-34,36,44-53H,8-12,15-19H2,1-6H3. The number of rotatable bonds is 6. The fourth-order valence-electron chi connectivity index (χ4n) is 13.3. The number of allylic oxidation sites excluding steroid dienone is 2. The van der Waals surface area contributed by atoms with E-state index in [0.29, 0.717) is 38.5 Å². The van der Waals surface area contributed by atoms with Gasteiger partial charge >= 0.3 is 11.9 Å². The Morgan fingerprint density at radius 1 is 0.810 bits per heavy atom. The van der Waals surface area contributed by atoms with Crippen LogP contribution >= 0.6 is 0 Å². The van der Waals surface area contributed by atoms with Crippen molar-refractivity contribution in [1.29, 1.82) is 0 Å². The summed E-state index contributed by atoms with van der Waals surface area (Å²) in [6.07, 6.45) is -5.36. The van der Waals surface area contributed by atoms with Gasteiger partial charge in [-0.05, 0) is 97.0 Å². The maximum Gasteiger partial charge on any atom is 0.338 e. The van der Waals surface area contributed by atoms with Gasteiger partial charge in [-0.15, -0.1) is 0 Å². The van der Waals surface area contributed by atoms with Gasteiger partial charge in [0.1, 0.15) is 24.4 Å². The Labute approximate surface area is 338 Å². The highest BCUT2D eigenvalue weighted by atomic mass is 16.7. The monoisotopic (exact) mass is 818 g/mol. The number of aliphatic hydroxyl groups excluding tert-OH is 7. The van der Waals surface area contributed by atoms with Crippen molar-refractivity contribution in [3.63, 3.8) is 0 Å². The molecular formula is C43H62O15. The molecule has 10 N–H and O–H groups in total. The highest BCUT2D eigenvalue weighted by Crippen LogP contribution is 2.76. The number of esters is 2. The molecule has 16 unspecified atom stereocenters. The fourth-order valence-corrected chi connectivity index (χ4v) is 13.3. The highest BCUT2D eigenvalue weighted by Gasteiger charge is 2.73. The minimum Gasteiger partial charge on any atom is -0.504 e. The molecule has 5 fully saturated rings. The van der Waals surface area contributed by atoms with Crippen molar-refractivity contribution >= 4 is 11.9 Å². The topological polar surface area (TPSA) is 264 Å². The summed E-state index contributed by atoms with van der Waals surface area (Å²) in [4.78, 5) is 27.8. The van der Waals surface area contributed by atoms with Crippen LogP contribution in [0.1, 0.15) is 103 Å². The zero-order valence-electron chi connectivity index (χ0n) is 34.2. The average Bonchev–Trinajstić information content (AvgIpc) is 3.15. The third kappa shape index (κ3) is 6.20. The summed E-state index contributed by atoms with van der Waals surface area (Å²) in [5.74, 6) is -4.81. The second-order valence-electron chi connectivity index (χ2n) is 20.3. The number of fused-ring (bicyclic) bond motifs is 7. The molecule has 5 aliphatic carbocycles.